The first-order valence-electron chi connectivity index (χ1n) is 33.0. The summed E-state index contributed by atoms with van der Waals surface area (Å²) >= 11 is 3.59. The van der Waals surface area contributed by atoms with Gasteiger partial charge < -0.3 is 45.8 Å². The van der Waals surface area contributed by atoms with Crippen molar-refractivity contribution < 1.29 is 76.8 Å². The van der Waals surface area contributed by atoms with Gasteiger partial charge in [-0.15, -0.1) is 11.8 Å². The van der Waals surface area contributed by atoms with Crippen molar-refractivity contribution in [1.82, 2.24) is 55.2 Å². The molecule has 4 aliphatic heterocycles. The Labute approximate surface area is 575 Å². The number of nitrogens with zero attached hydrogens (tertiary/aromatic N) is 9. The van der Waals surface area contributed by atoms with Gasteiger partial charge in [0.1, 0.15) is 11.8 Å². The average molecular weight is 1470 g/mol. The van der Waals surface area contributed by atoms with Gasteiger partial charge in [-0.05, 0) is 128 Å². The first kappa shape index (κ1) is 76.2. The minimum atomic E-state index is -3.18. The number of thioether (sulfide) groups is 1. The van der Waals surface area contributed by atoms with E-state index in [9.17, 15) is 77.3 Å². The number of carboxylic acids is 3. The van der Waals surface area contributed by atoms with E-state index < -0.39 is 66.4 Å². The van der Waals surface area contributed by atoms with E-state index in [4.69, 9.17) is 4.74 Å². The lowest BCUT2D eigenvalue weighted by Gasteiger charge is -2.33. The molecule has 4 aliphatic rings. The standard InChI is InChI=1S/C66H89F2IN12O14S/c67-66(68)37-49(38-70)81(45-66)60(86)40-74-64(93)52-18-22-71-54-17-16-50(35-53(52)54)95-34-6-8-47-19-24-79(25-20-47)58(84)11-5-23-80-59(85)36-55(65(80)94)96-51(9-2-1-3-21-72-56(82)10-4-7-46-12-14-48(69)15-13-46)39-73-57(83)41-75-26-28-76(42-61(87)88)30-32-78(44-63(91)92)33-31-77(29-27-75)43-62(89)90/h12-18,22,35,47,49,51,55H,1-11,19-21,23-34,36-37,39-45H2,(H,72,82)(H,73,83)(H,74,93)(H,87,88)(H,89,90)(H,91,92)/t49-,51?,55?/m1/s1. The Morgan fingerprint density at radius 1 is 0.729 bits per heavy atom. The molecular formula is C66H89F2IN12O14S. The Morgan fingerprint density at radius 2 is 1.36 bits per heavy atom. The quantitative estimate of drug-likeness (QED) is 0.0279. The molecule has 3 atom stereocenters. The van der Waals surface area contributed by atoms with Crippen molar-refractivity contribution >= 4 is 105 Å². The van der Waals surface area contributed by atoms with Crippen LogP contribution in [0.4, 0.5) is 8.78 Å². The van der Waals surface area contributed by atoms with Gasteiger partial charge in [0.25, 0.3) is 11.8 Å². The van der Waals surface area contributed by atoms with Crippen molar-refractivity contribution in [3.8, 4) is 11.8 Å². The summed E-state index contributed by atoms with van der Waals surface area (Å²) in [6, 6.07) is 15.2. The van der Waals surface area contributed by atoms with E-state index in [0.29, 0.717) is 74.5 Å². The molecule has 4 saturated heterocycles. The number of fused-ring (bicyclic) bond motifs is 1. The predicted molar refractivity (Wildman–Crippen MR) is 360 cm³/mol. The van der Waals surface area contributed by atoms with Crippen LogP contribution in [0.1, 0.15) is 106 Å². The Bertz CT molecular complexity index is 3180. The number of rotatable bonds is 34. The number of aliphatic carboxylic acids is 3. The third-order valence-electron chi connectivity index (χ3n) is 17.6. The van der Waals surface area contributed by atoms with Crippen molar-refractivity contribution in [3.63, 3.8) is 0 Å². The highest BCUT2D eigenvalue weighted by molar-refractivity contribution is 14.1. The van der Waals surface area contributed by atoms with Gasteiger partial charge in [-0.25, -0.2) is 8.78 Å². The van der Waals surface area contributed by atoms with E-state index >= 15 is 0 Å². The zero-order valence-corrected chi connectivity index (χ0v) is 57.1. The molecule has 26 nitrogen and oxygen atoms in total. The molecule has 2 unspecified atom stereocenters. The number of likely N-dealkylation sites (tertiary alicyclic amines) is 3. The Balaban J connectivity index is 0.853. The number of nitrogens with one attached hydrogen (secondary N) is 3. The number of nitriles is 1. The van der Waals surface area contributed by atoms with E-state index in [0.717, 1.165) is 53.4 Å². The van der Waals surface area contributed by atoms with Crippen LogP contribution in [-0.2, 0) is 49.6 Å². The molecule has 96 heavy (non-hydrogen) atoms. The number of benzene rings is 2. The maximum Gasteiger partial charge on any atom is 0.317 e. The number of pyridine rings is 1. The second-order valence-electron chi connectivity index (χ2n) is 25.0. The van der Waals surface area contributed by atoms with Gasteiger partial charge in [0.15, 0.2) is 0 Å². The SMILES string of the molecule is N#C[C@H]1CC(F)(F)CN1C(=O)CNC(=O)c1ccnc2ccc(OCCCC3CCN(C(=O)CCCN4C(=O)CC(SC(CCCCCNC(=O)CCCc5ccc(I)cc5)CNC(=O)CN5CCN(CC(=O)O)CCN(CC(=O)O)CCN(CC(=O)O)CC5)C4=O)CC3)cc12. The average Bonchev–Trinajstić information content (AvgIpc) is 1.32. The summed E-state index contributed by atoms with van der Waals surface area (Å²) in [7, 11) is 0. The molecule has 0 radical (unpaired) electrons. The van der Waals surface area contributed by atoms with Crippen LogP contribution in [0.3, 0.4) is 0 Å². The third kappa shape index (κ3) is 25.7. The van der Waals surface area contributed by atoms with Crippen LogP contribution in [-0.4, -0.2) is 267 Å². The molecule has 5 heterocycles. The molecule has 30 heteroatoms. The minimum absolute atomic E-state index is 0.0207. The summed E-state index contributed by atoms with van der Waals surface area (Å²) in [6.45, 7) is 1.65. The van der Waals surface area contributed by atoms with Crippen LogP contribution in [0.2, 0.25) is 0 Å². The fourth-order valence-electron chi connectivity index (χ4n) is 12.3. The molecule has 2 aromatic carbocycles. The smallest absolute Gasteiger partial charge is 0.317 e. The first-order chi connectivity index (χ1) is 46.0. The number of hydrogen-bond acceptors (Lipinski definition) is 18. The number of ether oxygens (including phenoxy) is 1. The number of piperidine rings is 1. The van der Waals surface area contributed by atoms with Gasteiger partial charge in [-0.3, -0.25) is 77.4 Å². The van der Waals surface area contributed by atoms with Crippen LogP contribution in [0, 0.1) is 20.8 Å². The van der Waals surface area contributed by atoms with E-state index in [1.54, 1.807) is 39.0 Å². The Hall–Kier alpha value is -7.18. The number of carboxylic acid groups (broad SMARTS) is 3. The topological polar surface area (TPSA) is 336 Å². The van der Waals surface area contributed by atoms with Crippen LogP contribution in [0.5, 0.6) is 5.75 Å². The number of carbonyl (C=O) groups excluding carboxylic acids is 7. The summed E-state index contributed by atoms with van der Waals surface area (Å²) in [5.74, 6) is -8.06. The summed E-state index contributed by atoms with van der Waals surface area (Å²) in [4.78, 5) is 144. The normalized spacial score (nSPS) is 19.1. The molecule has 3 aromatic rings. The second kappa shape index (κ2) is 38.7. The van der Waals surface area contributed by atoms with Gasteiger partial charge in [0, 0.05) is 131 Å². The molecule has 524 valence electrons. The van der Waals surface area contributed by atoms with Gasteiger partial charge >= 0.3 is 17.9 Å². The maximum absolute atomic E-state index is 14.0. The monoisotopic (exact) mass is 1470 g/mol. The highest BCUT2D eigenvalue weighted by atomic mass is 127. The minimum Gasteiger partial charge on any atom is -0.494 e. The summed E-state index contributed by atoms with van der Waals surface area (Å²) in [5.41, 5.74) is 1.88. The van der Waals surface area contributed by atoms with Crippen molar-refractivity contribution in [1.29, 1.82) is 5.26 Å². The van der Waals surface area contributed by atoms with Gasteiger partial charge in [-0.1, -0.05) is 25.0 Å². The molecule has 0 bridgehead atoms. The highest BCUT2D eigenvalue weighted by Crippen LogP contribution is 2.33. The summed E-state index contributed by atoms with van der Waals surface area (Å²) in [5, 5.41) is 46.1. The molecule has 0 saturated carbocycles. The number of carbonyl (C=O) groups is 10. The highest BCUT2D eigenvalue weighted by Gasteiger charge is 2.47. The number of hydrogen-bond donors (Lipinski definition) is 6. The van der Waals surface area contributed by atoms with E-state index in [1.807, 2.05) is 21.9 Å². The third-order valence-corrected chi connectivity index (χ3v) is 19.8. The molecule has 0 spiro atoms. The predicted octanol–water partition coefficient (Wildman–Crippen LogP) is 4.03. The number of unbranched alkanes of at least 4 members (excludes halogenated alkanes) is 2. The molecule has 1 aromatic heterocycles. The maximum atomic E-state index is 14.0. The van der Waals surface area contributed by atoms with Gasteiger partial charge in [0.2, 0.25) is 35.4 Å². The van der Waals surface area contributed by atoms with Gasteiger partial charge in [0.05, 0.1) is 68.3 Å². The lowest BCUT2D eigenvalue weighted by molar-refractivity contribution is -0.140. The van der Waals surface area contributed by atoms with Crippen molar-refractivity contribution in [2.45, 2.75) is 119 Å². The molecule has 4 fully saturated rings. The lowest BCUT2D eigenvalue weighted by Crippen LogP contribution is -2.50. The number of amides is 7. The number of halogens is 3. The molecule has 6 N–H and O–H groups in total. The largest absolute Gasteiger partial charge is 0.494 e. The fourth-order valence-corrected chi connectivity index (χ4v) is 14.1. The Kier molecular flexibility index (Phi) is 30.7. The van der Waals surface area contributed by atoms with E-state index in [2.05, 4.69) is 55.7 Å². The van der Waals surface area contributed by atoms with Crippen LogP contribution >= 0.6 is 34.4 Å². The number of imide groups is 1. The van der Waals surface area contributed by atoms with Crippen molar-refractivity contribution in [3.05, 3.63) is 69.4 Å². The van der Waals surface area contributed by atoms with Crippen molar-refractivity contribution in [2.75, 3.05) is 131 Å². The first-order valence-corrected chi connectivity index (χ1v) is 35.0. The van der Waals surface area contributed by atoms with E-state index in [1.165, 1.54) is 34.5 Å². The molecule has 0 aliphatic carbocycles. The van der Waals surface area contributed by atoms with Gasteiger partial charge in [-0.2, -0.15) is 5.26 Å². The van der Waals surface area contributed by atoms with Crippen LogP contribution in [0.25, 0.3) is 10.9 Å². The second-order valence-corrected chi connectivity index (χ2v) is 27.7. The van der Waals surface area contributed by atoms with Crippen LogP contribution in [0.15, 0.2) is 54.7 Å². The lowest BCUT2D eigenvalue weighted by atomic mass is 9.92. The molecule has 7 amide bonds. The number of alkyl halides is 2. The van der Waals surface area contributed by atoms with E-state index in [-0.39, 0.29) is 151 Å². The zero-order chi connectivity index (χ0) is 69.2. The van der Waals surface area contributed by atoms with Crippen molar-refractivity contribution in [2.24, 2.45) is 5.92 Å². The summed E-state index contributed by atoms with van der Waals surface area (Å²) in [6.07, 6.45) is 8.90. The Morgan fingerprint density at radius 3 is 1.99 bits per heavy atom. The zero-order valence-electron chi connectivity index (χ0n) is 54.2. The molecule has 7 rings (SSSR count). The number of aryl methyl sites for hydroxylation is 1. The number of aromatic nitrogens is 1. The fraction of sp³-hybridized carbons (Fsp3) is 0.606. The summed E-state index contributed by atoms with van der Waals surface area (Å²) < 4.78 is 35.1. The van der Waals surface area contributed by atoms with Crippen LogP contribution < -0.4 is 20.7 Å². The molecular weight excluding hydrogens is 1380 g/mol.